The third-order valence-electron chi connectivity index (χ3n) is 9.18. The quantitative estimate of drug-likeness (QED) is 0.0414. The first kappa shape index (κ1) is 44.4. The van der Waals surface area contributed by atoms with E-state index >= 15 is 0 Å². The summed E-state index contributed by atoms with van der Waals surface area (Å²) in [5.41, 5.74) is 0. The number of rotatable bonds is 37. The molecule has 0 aliphatic rings. The number of carboxylic acids is 1. The van der Waals surface area contributed by atoms with Crippen LogP contribution >= 0.6 is 0 Å². The van der Waals surface area contributed by atoms with Gasteiger partial charge in [0.25, 0.3) is 0 Å². The molecule has 0 aliphatic carbocycles. The minimum Gasteiger partial charge on any atom is -0.481 e. The summed E-state index contributed by atoms with van der Waals surface area (Å²) in [6.45, 7) is 4.51. The van der Waals surface area contributed by atoms with Gasteiger partial charge in [0, 0.05) is 12.8 Å². The molecule has 0 aliphatic heterocycles. The lowest BCUT2D eigenvalue weighted by molar-refractivity contribution is -0.150. The average molecular weight is 647 g/mol. The van der Waals surface area contributed by atoms with Gasteiger partial charge >= 0.3 is 11.9 Å². The zero-order chi connectivity index (χ0) is 33.6. The van der Waals surface area contributed by atoms with Crippen molar-refractivity contribution in [1.29, 1.82) is 0 Å². The van der Waals surface area contributed by atoms with Crippen LogP contribution in [0.3, 0.4) is 0 Å². The second-order valence-electron chi connectivity index (χ2n) is 13.8. The Labute approximate surface area is 287 Å². The lowest BCUT2D eigenvalue weighted by Gasteiger charge is -2.18. The second kappa shape index (κ2) is 37.9. The predicted molar refractivity (Wildman–Crippen MR) is 200 cm³/mol. The molecule has 0 spiro atoms. The van der Waals surface area contributed by atoms with Gasteiger partial charge < -0.3 is 9.84 Å². The van der Waals surface area contributed by atoms with Crippen molar-refractivity contribution in [3.05, 3.63) is 24.3 Å². The van der Waals surface area contributed by atoms with Crippen LogP contribution in [0.4, 0.5) is 0 Å². The molecule has 0 aromatic heterocycles. The number of ether oxygens (including phenoxy) is 1. The Morgan fingerprint density at radius 3 is 1.33 bits per heavy atom. The highest BCUT2D eigenvalue weighted by molar-refractivity contribution is 5.69. The lowest BCUT2D eigenvalue weighted by atomic mass is 10.0. The summed E-state index contributed by atoms with van der Waals surface area (Å²) in [7, 11) is 0. The summed E-state index contributed by atoms with van der Waals surface area (Å²) in [5, 5.41) is 8.73. The van der Waals surface area contributed by atoms with Crippen molar-refractivity contribution in [3.63, 3.8) is 0 Å². The van der Waals surface area contributed by atoms with Gasteiger partial charge in [0.2, 0.25) is 0 Å². The summed E-state index contributed by atoms with van der Waals surface area (Å²) in [5.74, 6) is -0.659. The van der Waals surface area contributed by atoms with Crippen molar-refractivity contribution >= 4 is 11.9 Å². The van der Waals surface area contributed by atoms with E-state index in [1.807, 2.05) is 0 Å². The highest BCUT2D eigenvalue weighted by Crippen LogP contribution is 2.19. The topological polar surface area (TPSA) is 63.6 Å². The van der Waals surface area contributed by atoms with Crippen LogP contribution in [0, 0.1) is 0 Å². The molecule has 0 heterocycles. The van der Waals surface area contributed by atoms with Crippen LogP contribution in [0.15, 0.2) is 24.3 Å². The SMILES string of the molecule is CCCCC/C=C\C/C=C\CCCCCCCCCCCC(=O)OC(CCCCCCCC)CCCCCCCCCCC(=O)O. The molecular weight excluding hydrogens is 568 g/mol. The van der Waals surface area contributed by atoms with Gasteiger partial charge in [-0.3, -0.25) is 9.59 Å². The van der Waals surface area contributed by atoms with E-state index in [9.17, 15) is 9.59 Å². The first-order valence-electron chi connectivity index (χ1n) is 20.3. The summed E-state index contributed by atoms with van der Waals surface area (Å²) in [6, 6.07) is 0. The number of aliphatic carboxylic acids is 1. The molecule has 4 heteroatoms. The summed E-state index contributed by atoms with van der Waals surface area (Å²) in [6.07, 6.45) is 47.8. The molecule has 1 unspecified atom stereocenters. The molecule has 0 radical (unpaired) electrons. The van der Waals surface area contributed by atoms with Gasteiger partial charge in [-0.2, -0.15) is 0 Å². The summed E-state index contributed by atoms with van der Waals surface area (Å²) >= 11 is 0. The Morgan fingerprint density at radius 2 is 0.848 bits per heavy atom. The standard InChI is InChI=1S/C42H78O4/c1-3-5-7-9-11-12-13-14-15-16-17-18-19-20-21-22-27-31-35-39-42(45)46-40(36-32-28-10-8-6-4-2)37-33-29-25-23-24-26-30-34-38-41(43)44/h11-12,14-15,40H,3-10,13,16-39H2,1-2H3,(H,43,44)/b12-11-,15-14-. The third kappa shape index (κ3) is 36.9. The fourth-order valence-electron chi connectivity index (χ4n) is 6.16. The number of carboxylic acid groups (broad SMARTS) is 1. The Morgan fingerprint density at radius 1 is 0.478 bits per heavy atom. The van der Waals surface area contributed by atoms with Gasteiger partial charge in [-0.15, -0.1) is 0 Å². The van der Waals surface area contributed by atoms with Crippen LogP contribution in [0.2, 0.25) is 0 Å². The highest BCUT2D eigenvalue weighted by atomic mass is 16.5. The zero-order valence-electron chi connectivity index (χ0n) is 30.9. The fraction of sp³-hybridized carbons (Fsp3) is 0.857. The van der Waals surface area contributed by atoms with Gasteiger partial charge in [0.05, 0.1) is 0 Å². The van der Waals surface area contributed by atoms with E-state index in [1.54, 1.807) is 0 Å². The number of carbonyl (C=O) groups excluding carboxylic acids is 1. The van der Waals surface area contributed by atoms with Crippen molar-refractivity contribution < 1.29 is 19.4 Å². The average Bonchev–Trinajstić information content (AvgIpc) is 3.04. The van der Waals surface area contributed by atoms with Crippen LogP contribution in [-0.4, -0.2) is 23.1 Å². The van der Waals surface area contributed by atoms with E-state index < -0.39 is 5.97 Å². The predicted octanol–water partition coefficient (Wildman–Crippen LogP) is 14.0. The van der Waals surface area contributed by atoms with E-state index in [0.29, 0.717) is 12.8 Å². The van der Waals surface area contributed by atoms with E-state index in [-0.39, 0.29) is 12.1 Å². The second-order valence-corrected chi connectivity index (χ2v) is 13.8. The Hall–Kier alpha value is -1.58. The van der Waals surface area contributed by atoms with Crippen molar-refractivity contribution in [2.75, 3.05) is 0 Å². The van der Waals surface area contributed by atoms with Gasteiger partial charge in [-0.25, -0.2) is 0 Å². The molecule has 0 saturated carbocycles. The van der Waals surface area contributed by atoms with Crippen LogP contribution in [0.25, 0.3) is 0 Å². The van der Waals surface area contributed by atoms with Crippen LogP contribution < -0.4 is 0 Å². The maximum atomic E-state index is 12.6. The molecular formula is C42H78O4. The minimum absolute atomic E-state index is 0.0226. The van der Waals surface area contributed by atoms with Crippen molar-refractivity contribution in [1.82, 2.24) is 0 Å². The van der Waals surface area contributed by atoms with Gasteiger partial charge in [0.1, 0.15) is 6.10 Å². The van der Waals surface area contributed by atoms with Gasteiger partial charge in [0.15, 0.2) is 0 Å². The lowest BCUT2D eigenvalue weighted by Crippen LogP contribution is -2.18. The molecule has 1 N–H and O–H groups in total. The molecule has 46 heavy (non-hydrogen) atoms. The Balaban J connectivity index is 3.87. The number of hydrogen-bond donors (Lipinski definition) is 1. The first-order chi connectivity index (χ1) is 22.6. The van der Waals surface area contributed by atoms with Crippen molar-refractivity contribution in [3.8, 4) is 0 Å². The monoisotopic (exact) mass is 647 g/mol. The molecule has 0 fully saturated rings. The van der Waals surface area contributed by atoms with Crippen LogP contribution in [0.1, 0.15) is 226 Å². The molecule has 0 bridgehead atoms. The largest absolute Gasteiger partial charge is 0.481 e. The maximum Gasteiger partial charge on any atom is 0.306 e. The van der Waals surface area contributed by atoms with E-state index in [1.165, 1.54) is 141 Å². The number of esters is 1. The molecule has 270 valence electrons. The normalized spacial score (nSPS) is 12.4. The van der Waals surface area contributed by atoms with E-state index in [0.717, 1.165) is 57.8 Å². The van der Waals surface area contributed by atoms with E-state index in [4.69, 9.17) is 9.84 Å². The fourth-order valence-corrected chi connectivity index (χ4v) is 6.16. The molecule has 0 aromatic rings. The van der Waals surface area contributed by atoms with Crippen molar-refractivity contribution in [2.24, 2.45) is 0 Å². The van der Waals surface area contributed by atoms with Crippen LogP contribution in [-0.2, 0) is 14.3 Å². The van der Waals surface area contributed by atoms with Crippen molar-refractivity contribution in [2.45, 2.75) is 232 Å². The third-order valence-corrected chi connectivity index (χ3v) is 9.18. The number of hydrogen-bond acceptors (Lipinski definition) is 3. The number of allylic oxidation sites excluding steroid dienone is 4. The molecule has 0 rings (SSSR count). The molecule has 0 aromatic carbocycles. The zero-order valence-corrected chi connectivity index (χ0v) is 30.9. The minimum atomic E-state index is -0.681. The highest BCUT2D eigenvalue weighted by Gasteiger charge is 2.14. The number of carbonyl (C=O) groups is 2. The summed E-state index contributed by atoms with van der Waals surface area (Å²) in [4.78, 5) is 23.2. The first-order valence-corrected chi connectivity index (χ1v) is 20.3. The molecule has 4 nitrogen and oxygen atoms in total. The molecule has 1 atom stereocenters. The maximum absolute atomic E-state index is 12.6. The summed E-state index contributed by atoms with van der Waals surface area (Å²) < 4.78 is 6.01. The van der Waals surface area contributed by atoms with Crippen LogP contribution in [0.5, 0.6) is 0 Å². The molecule has 0 amide bonds. The molecule has 0 saturated heterocycles. The van der Waals surface area contributed by atoms with E-state index in [2.05, 4.69) is 38.2 Å². The van der Waals surface area contributed by atoms with Gasteiger partial charge in [-0.05, 0) is 70.6 Å². The van der Waals surface area contributed by atoms with Gasteiger partial charge in [-0.1, -0.05) is 167 Å². The Kier molecular flexibility index (Phi) is 36.6. The number of unbranched alkanes of at least 4 members (excludes halogenated alkanes) is 24. The Bertz CT molecular complexity index is 698. The smallest absolute Gasteiger partial charge is 0.306 e.